The maximum absolute atomic E-state index is 9.81. The molecule has 0 bridgehead atoms. The Morgan fingerprint density at radius 1 is 1.47 bits per heavy atom. The molecule has 0 amide bonds. The molecule has 0 aliphatic rings. The van der Waals surface area contributed by atoms with E-state index in [2.05, 4.69) is 36.8 Å². The summed E-state index contributed by atoms with van der Waals surface area (Å²) in [4.78, 5) is 4.13. The van der Waals surface area contributed by atoms with Crippen molar-refractivity contribution in [2.45, 2.75) is 26.1 Å². The van der Waals surface area contributed by atoms with E-state index in [4.69, 9.17) is 4.74 Å². The van der Waals surface area contributed by atoms with E-state index in [1.165, 1.54) is 0 Å². The first-order chi connectivity index (χ1) is 7.00. The van der Waals surface area contributed by atoms with Crippen molar-refractivity contribution in [1.82, 2.24) is 4.98 Å². The van der Waals surface area contributed by atoms with E-state index in [9.17, 15) is 5.11 Å². The van der Waals surface area contributed by atoms with Crippen LogP contribution in [0, 0.1) is 0 Å². The highest BCUT2D eigenvalue weighted by molar-refractivity contribution is 9.11. The summed E-state index contributed by atoms with van der Waals surface area (Å²) in [6, 6.07) is 1.85. The minimum atomic E-state index is -0.699. The second kappa shape index (κ2) is 5.94. The van der Waals surface area contributed by atoms with E-state index < -0.39 is 6.10 Å². The van der Waals surface area contributed by atoms with Gasteiger partial charge in [0.25, 0.3) is 0 Å². The zero-order valence-corrected chi connectivity index (χ0v) is 11.7. The first-order valence-electron chi connectivity index (χ1n) is 4.61. The molecule has 1 unspecified atom stereocenters. The van der Waals surface area contributed by atoms with Gasteiger partial charge in [-0.3, -0.25) is 4.98 Å². The molecule has 1 aromatic heterocycles. The van der Waals surface area contributed by atoms with Crippen LogP contribution in [0.4, 0.5) is 0 Å². The molecule has 1 N–H and O–H groups in total. The minimum Gasteiger partial charge on any atom is -0.384 e. The van der Waals surface area contributed by atoms with Crippen molar-refractivity contribution < 1.29 is 9.84 Å². The van der Waals surface area contributed by atoms with Crippen LogP contribution in [0.2, 0.25) is 0 Å². The molecular weight excluding hydrogens is 326 g/mol. The molecule has 0 aliphatic carbocycles. The van der Waals surface area contributed by atoms with E-state index in [1.54, 1.807) is 6.20 Å². The number of pyridine rings is 1. The molecule has 0 spiro atoms. The van der Waals surface area contributed by atoms with Crippen molar-refractivity contribution in [3.05, 3.63) is 26.9 Å². The van der Waals surface area contributed by atoms with Gasteiger partial charge in [0.2, 0.25) is 0 Å². The predicted molar refractivity (Wildman–Crippen MR) is 65.7 cm³/mol. The van der Waals surface area contributed by atoms with Crippen molar-refractivity contribution in [1.29, 1.82) is 0 Å². The van der Waals surface area contributed by atoms with Crippen LogP contribution in [0.25, 0.3) is 0 Å². The van der Waals surface area contributed by atoms with Crippen LogP contribution in [-0.4, -0.2) is 22.8 Å². The lowest BCUT2D eigenvalue weighted by Gasteiger charge is -2.14. The van der Waals surface area contributed by atoms with Crippen LogP contribution in [0.1, 0.15) is 25.6 Å². The summed E-state index contributed by atoms with van der Waals surface area (Å²) in [6.07, 6.45) is 1.06. The third-order valence-electron chi connectivity index (χ3n) is 1.74. The van der Waals surface area contributed by atoms with Gasteiger partial charge in [0.15, 0.2) is 0 Å². The number of hydrogen-bond donors (Lipinski definition) is 1. The lowest BCUT2D eigenvalue weighted by molar-refractivity contribution is 0.00296. The van der Waals surface area contributed by atoms with Crippen molar-refractivity contribution in [3.8, 4) is 0 Å². The number of hydrogen-bond acceptors (Lipinski definition) is 3. The lowest BCUT2D eigenvalue weighted by atomic mass is 10.2. The third-order valence-corrected chi connectivity index (χ3v) is 2.81. The van der Waals surface area contributed by atoms with E-state index in [0.29, 0.717) is 5.69 Å². The fourth-order valence-corrected chi connectivity index (χ4v) is 2.28. The molecule has 1 heterocycles. The second-order valence-electron chi connectivity index (χ2n) is 3.42. The summed E-state index contributed by atoms with van der Waals surface area (Å²) in [5, 5.41) is 9.81. The maximum atomic E-state index is 9.81. The molecule has 1 rings (SSSR count). The fraction of sp³-hybridized carbons (Fsp3) is 0.500. The fourth-order valence-electron chi connectivity index (χ4n) is 1.03. The summed E-state index contributed by atoms with van der Waals surface area (Å²) in [5.41, 5.74) is 0.596. The van der Waals surface area contributed by atoms with Crippen LogP contribution in [0.15, 0.2) is 21.2 Å². The van der Waals surface area contributed by atoms with E-state index in [0.717, 1.165) is 8.95 Å². The average Bonchev–Trinajstić information content (AvgIpc) is 2.14. The van der Waals surface area contributed by atoms with Crippen LogP contribution in [0.5, 0.6) is 0 Å². The van der Waals surface area contributed by atoms with E-state index >= 15 is 0 Å². The molecule has 0 saturated heterocycles. The Morgan fingerprint density at radius 2 is 2.13 bits per heavy atom. The lowest BCUT2D eigenvalue weighted by Crippen LogP contribution is -2.13. The topological polar surface area (TPSA) is 42.4 Å². The van der Waals surface area contributed by atoms with E-state index in [-0.39, 0.29) is 12.7 Å². The summed E-state index contributed by atoms with van der Waals surface area (Å²) in [5.74, 6) is 0. The van der Waals surface area contributed by atoms with Crippen LogP contribution in [0.3, 0.4) is 0 Å². The SMILES string of the molecule is CC(C)OCC(O)c1ncc(Br)cc1Br. The second-order valence-corrected chi connectivity index (χ2v) is 5.19. The minimum absolute atomic E-state index is 0.105. The van der Waals surface area contributed by atoms with Gasteiger partial charge in [0.1, 0.15) is 6.10 Å². The summed E-state index contributed by atoms with van der Waals surface area (Å²) >= 11 is 6.65. The van der Waals surface area contributed by atoms with Crippen molar-refractivity contribution in [2.75, 3.05) is 6.61 Å². The Labute approximate surface area is 106 Å². The molecule has 1 atom stereocenters. The number of ether oxygens (including phenoxy) is 1. The Morgan fingerprint density at radius 3 is 2.67 bits per heavy atom. The summed E-state index contributed by atoms with van der Waals surface area (Å²) in [6.45, 7) is 4.11. The molecule has 0 fully saturated rings. The van der Waals surface area contributed by atoms with Crippen LogP contribution >= 0.6 is 31.9 Å². The smallest absolute Gasteiger partial charge is 0.120 e. The monoisotopic (exact) mass is 337 g/mol. The van der Waals surface area contributed by atoms with Gasteiger partial charge in [-0.2, -0.15) is 0 Å². The normalized spacial score (nSPS) is 13.2. The first kappa shape index (κ1) is 13.1. The zero-order chi connectivity index (χ0) is 11.4. The highest BCUT2D eigenvalue weighted by atomic mass is 79.9. The quantitative estimate of drug-likeness (QED) is 0.917. The van der Waals surface area contributed by atoms with Crippen molar-refractivity contribution >= 4 is 31.9 Å². The molecule has 0 saturated carbocycles. The van der Waals surface area contributed by atoms with Gasteiger partial charge in [-0.15, -0.1) is 0 Å². The number of aromatic nitrogens is 1. The van der Waals surface area contributed by atoms with Gasteiger partial charge in [0, 0.05) is 15.1 Å². The van der Waals surface area contributed by atoms with Gasteiger partial charge in [-0.1, -0.05) is 0 Å². The Kier molecular flexibility index (Phi) is 5.18. The first-order valence-corrected chi connectivity index (χ1v) is 6.20. The van der Waals surface area contributed by atoms with Gasteiger partial charge in [-0.25, -0.2) is 0 Å². The van der Waals surface area contributed by atoms with E-state index in [1.807, 2.05) is 19.9 Å². The van der Waals surface area contributed by atoms with Crippen LogP contribution < -0.4 is 0 Å². The zero-order valence-electron chi connectivity index (χ0n) is 8.58. The number of aliphatic hydroxyl groups is 1. The predicted octanol–water partition coefficient (Wildman–Crippen LogP) is 3.07. The maximum Gasteiger partial charge on any atom is 0.120 e. The molecule has 0 aromatic carbocycles. The van der Waals surface area contributed by atoms with Gasteiger partial charge in [-0.05, 0) is 51.8 Å². The van der Waals surface area contributed by atoms with Gasteiger partial charge < -0.3 is 9.84 Å². The molecule has 0 aliphatic heterocycles. The average molecular weight is 339 g/mol. The summed E-state index contributed by atoms with van der Waals surface area (Å²) in [7, 11) is 0. The Hall–Kier alpha value is 0.0300. The number of nitrogens with zero attached hydrogens (tertiary/aromatic N) is 1. The van der Waals surface area contributed by atoms with Gasteiger partial charge in [0.05, 0.1) is 18.4 Å². The number of halogens is 2. The molecule has 3 nitrogen and oxygen atoms in total. The highest BCUT2D eigenvalue weighted by Crippen LogP contribution is 2.24. The Bertz CT molecular complexity index is 331. The molecule has 15 heavy (non-hydrogen) atoms. The van der Waals surface area contributed by atoms with Gasteiger partial charge >= 0.3 is 0 Å². The van der Waals surface area contributed by atoms with Crippen molar-refractivity contribution in [3.63, 3.8) is 0 Å². The standard InChI is InChI=1S/C10H13Br2NO2/c1-6(2)15-5-9(14)10-8(12)3-7(11)4-13-10/h3-4,6,9,14H,5H2,1-2H3. The Balaban J connectivity index is 2.69. The summed E-state index contributed by atoms with van der Waals surface area (Å²) < 4.78 is 6.97. The molecule has 5 heteroatoms. The molecule has 84 valence electrons. The molecular formula is C10H13Br2NO2. The largest absolute Gasteiger partial charge is 0.384 e. The van der Waals surface area contributed by atoms with Crippen LogP contribution in [-0.2, 0) is 4.74 Å². The number of aliphatic hydroxyl groups excluding tert-OH is 1. The third kappa shape index (κ3) is 4.18. The molecule has 1 aromatic rings. The highest BCUT2D eigenvalue weighted by Gasteiger charge is 2.14. The molecule has 0 radical (unpaired) electrons. The number of rotatable bonds is 4. The van der Waals surface area contributed by atoms with Crippen molar-refractivity contribution in [2.24, 2.45) is 0 Å².